The monoisotopic (exact) mass is 525 g/mol. The number of carbonyl (C=O) groups is 1. The highest BCUT2D eigenvalue weighted by atomic mass is 19.4. The molecule has 38 heavy (non-hydrogen) atoms. The minimum atomic E-state index is -4.58. The van der Waals surface area contributed by atoms with Crippen LogP contribution in [0.15, 0.2) is 48.8 Å². The van der Waals surface area contributed by atoms with E-state index in [-0.39, 0.29) is 29.1 Å². The van der Waals surface area contributed by atoms with Crippen LogP contribution in [0.2, 0.25) is 0 Å². The quantitative estimate of drug-likeness (QED) is 0.328. The van der Waals surface area contributed by atoms with Crippen molar-refractivity contribution in [2.24, 2.45) is 0 Å². The van der Waals surface area contributed by atoms with Crippen molar-refractivity contribution in [3.05, 3.63) is 59.9 Å². The Balaban J connectivity index is 1.72. The summed E-state index contributed by atoms with van der Waals surface area (Å²) in [6.07, 6.45) is 5.71. The van der Waals surface area contributed by atoms with E-state index in [1.165, 1.54) is 18.5 Å². The van der Waals surface area contributed by atoms with Crippen LogP contribution in [0.5, 0.6) is 5.75 Å². The van der Waals surface area contributed by atoms with Crippen molar-refractivity contribution < 1.29 is 27.4 Å². The van der Waals surface area contributed by atoms with Gasteiger partial charge in [-0.25, -0.2) is 9.97 Å². The van der Waals surface area contributed by atoms with E-state index in [2.05, 4.69) is 26.5 Å². The number of halogens is 3. The maximum atomic E-state index is 13.4. The van der Waals surface area contributed by atoms with Crippen molar-refractivity contribution in [2.75, 3.05) is 44.5 Å². The topological polar surface area (TPSA) is 88.6 Å². The van der Waals surface area contributed by atoms with Gasteiger partial charge in [0.2, 0.25) is 5.91 Å². The second kappa shape index (κ2) is 11.5. The van der Waals surface area contributed by atoms with Gasteiger partial charge in [-0.05, 0) is 38.4 Å². The third-order valence-corrected chi connectivity index (χ3v) is 5.61. The Labute approximate surface area is 217 Å². The summed E-state index contributed by atoms with van der Waals surface area (Å²) in [5.74, 6) is 2.49. The molecule has 1 atom stereocenters. The van der Waals surface area contributed by atoms with Gasteiger partial charge in [0, 0.05) is 41.7 Å². The molecule has 1 aliphatic rings. The van der Waals surface area contributed by atoms with Gasteiger partial charge >= 0.3 is 6.18 Å². The molecule has 1 amide bonds. The molecule has 198 valence electrons. The number of anilines is 3. The summed E-state index contributed by atoms with van der Waals surface area (Å²) in [4.78, 5) is 23.0. The largest absolute Gasteiger partial charge is 0.486 e. The van der Waals surface area contributed by atoms with Crippen LogP contribution in [0.1, 0.15) is 17.5 Å². The van der Waals surface area contributed by atoms with Gasteiger partial charge in [-0.2, -0.15) is 13.2 Å². The third-order valence-electron chi connectivity index (χ3n) is 5.61. The van der Waals surface area contributed by atoms with Crippen molar-refractivity contribution in [2.45, 2.75) is 18.7 Å². The van der Waals surface area contributed by atoms with Gasteiger partial charge in [0.15, 0.2) is 0 Å². The normalized spacial score (nSPS) is 15.7. The zero-order valence-electron chi connectivity index (χ0n) is 20.8. The molecule has 11 heteroatoms. The molecule has 0 spiro atoms. The van der Waals surface area contributed by atoms with Crippen molar-refractivity contribution >= 4 is 34.0 Å². The molecule has 1 saturated heterocycles. The lowest BCUT2D eigenvalue weighted by Gasteiger charge is -2.18. The molecule has 4 rings (SSSR count). The Bertz CT molecular complexity index is 1390. The molecule has 0 unspecified atom stereocenters. The molecule has 0 bridgehead atoms. The van der Waals surface area contributed by atoms with Crippen molar-refractivity contribution in [1.82, 2.24) is 14.9 Å². The number of amides is 1. The van der Waals surface area contributed by atoms with E-state index in [0.29, 0.717) is 48.5 Å². The summed E-state index contributed by atoms with van der Waals surface area (Å²) in [5, 5.41) is 6.19. The van der Waals surface area contributed by atoms with Gasteiger partial charge < -0.3 is 25.0 Å². The summed E-state index contributed by atoms with van der Waals surface area (Å²) in [6.45, 7) is 1.56. The first-order chi connectivity index (χ1) is 18.1. The highest BCUT2D eigenvalue weighted by Crippen LogP contribution is 2.36. The summed E-state index contributed by atoms with van der Waals surface area (Å²) in [6, 6.07) is 6.54. The first kappa shape index (κ1) is 26.9. The van der Waals surface area contributed by atoms with Crippen LogP contribution in [0.3, 0.4) is 0 Å². The molecule has 3 aromatic rings. The molecule has 1 aromatic heterocycles. The molecule has 0 aliphatic carbocycles. The Hall–Kier alpha value is -4.14. The summed E-state index contributed by atoms with van der Waals surface area (Å²) >= 11 is 0. The average Bonchev–Trinajstić information content (AvgIpc) is 3.37. The number of rotatable bonds is 8. The van der Waals surface area contributed by atoms with E-state index in [1.54, 1.807) is 18.2 Å². The van der Waals surface area contributed by atoms with Gasteiger partial charge in [-0.3, -0.25) is 4.79 Å². The molecule has 2 N–H and O–H groups in total. The number of nitrogens with one attached hydrogen (secondary N) is 2. The number of fused-ring (bicyclic) bond motifs is 1. The van der Waals surface area contributed by atoms with Gasteiger partial charge in [0.25, 0.3) is 0 Å². The van der Waals surface area contributed by atoms with Crippen LogP contribution in [0.25, 0.3) is 10.9 Å². The predicted octanol–water partition coefficient (Wildman–Crippen LogP) is 4.60. The zero-order chi connectivity index (χ0) is 27.3. The molecule has 0 saturated carbocycles. The molecular weight excluding hydrogens is 499 g/mol. The summed E-state index contributed by atoms with van der Waals surface area (Å²) in [5.41, 5.74) is 0.0959. The summed E-state index contributed by atoms with van der Waals surface area (Å²) in [7, 11) is 3.76. The molecule has 2 heterocycles. The van der Waals surface area contributed by atoms with Gasteiger partial charge in [-0.1, -0.05) is 12.0 Å². The van der Waals surface area contributed by atoms with Crippen LogP contribution in [-0.4, -0.2) is 60.7 Å². The first-order valence-electron chi connectivity index (χ1n) is 11.7. The van der Waals surface area contributed by atoms with Crippen LogP contribution in [0.4, 0.5) is 30.4 Å². The van der Waals surface area contributed by atoms with Crippen LogP contribution >= 0.6 is 0 Å². The fourth-order valence-electron chi connectivity index (χ4n) is 3.79. The highest BCUT2D eigenvalue weighted by Gasteiger charge is 2.31. The molecule has 0 radical (unpaired) electrons. The van der Waals surface area contributed by atoms with E-state index >= 15 is 0 Å². The van der Waals surface area contributed by atoms with Crippen LogP contribution in [0, 0.1) is 12.3 Å². The second-order valence-electron chi connectivity index (χ2n) is 8.91. The molecular formula is C27H26F3N5O3. The van der Waals surface area contributed by atoms with Crippen molar-refractivity contribution in [1.29, 1.82) is 0 Å². The number of benzene rings is 2. The van der Waals surface area contributed by atoms with Crippen LogP contribution in [-0.2, 0) is 15.7 Å². The van der Waals surface area contributed by atoms with Crippen molar-refractivity contribution in [3.8, 4) is 18.1 Å². The smallest absolute Gasteiger partial charge is 0.416 e. The lowest BCUT2D eigenvalue weighted by molar-refractivity contribution is -0.137. The lowest BCUT2D eigenvalue weighted by atomic mass is 10.1. The Kier molecular flexibility index (Phi) is 8.14. The maximum Gasteiger partial charge on any atom is 0.416 e. The molecule has 8 nitrogen and oxygen atoms in total. The number of terminal acetylenes is 1. The predicted molar refractivity (Wildman–Crippen MR) is 138 cm³/mol. The Morgan fingerprint density at radius 1 is 1.26 bits per heavy atom. The number of hydrogen-bond acceptors (Lipinski definition) is 7. The van der Waals surface area contributed by atoms with E-state index in [0.717, 1.165) is 12.1 Å². The van der Waals surface area contributed by atoms with Gasteiger partial charge in [0.05, 0.1) is 30.0 Å². The SMILES string of the molecule is C#Cc1cc(Nc2ncnc3cc(O[C@H]4CCOC4)c(NC(=O)/C=C/CN(C)C)cc23)cc(C(F)(F)F)c1. The lowest BCUT2D eigenvalue weighted by Crippen LogP contribution is -2.18. The fraction of sp³-hybridized carbons (Fsp3) is 0.296. The van der Waals surface area contributed by atoms with E-state index in [1.807, 2.05) is 19.0 Å². The fourth-order valence-corrected chi connectivity index (χ4v) is 3.79. The minimum Gasteiger partial charge on any atom is -0.486 e. The number of likely N-dealkylation sites (N-methyl/N-ethyl adjacent to an activating group) is 1. The number of carbonyl (C=O) groups excluding carboxylic acids is 1. The van der Waals surface area contributed by atoms with Gasteiger partial charge in [-0.15, -0.1) is 6.42 Å². The maximum absolute atomic E-state index is 13.4. The summed E-state index contributed by atoms with van der Waals surface area (Å²) < 4.78 is 51.7. The molecule has 2 aromatic carbocycles. The Morgan fingerprint density at radius 3 is 2.76 bits per heavy atom. The van der Waals surface area contributed by atoms with Crippen molar-refractivity contribution in [3.63, 3.8) is 0 Å². The first-order valence-corrected chi connectivity index (χ1v) is 11.7. The zero-order valence-corrected chi connectivity index (χ0v) is 20.8. The minimum absolute atomic E-state index is 0.0626. The average molecular weight is 526 g/mol. The third kappa shape index (κ3) is 6.79. The van der Waals surface area contributed by atoms with E-state index in [4.69, 9.17) is 15.9 Å². The second-order valence-corrected chi connectivity index (χ2v) is 8.91. The number of aromatic nitrogens is 2. The number of ether oxygens (including phenoxy) is 2. The number of alkyl halides is 3. The molecule has 1 fully saturated rings. The number of hydrogen-bond donors (Lipinski definition) is 2. The van der Waals surface area contributed by atoms with E-state index < -0.39 is 11.7 Å². The highest BCUT2D eigenvalue weighted by molar-refractivity contribution is 6.03. The van der Waals surface area contributed by atoms with E-state index in [9.17, 15) is 18.0 Å². The molecule has 1 aliphatic heterocycles. The Morgan fingerprint density at radius 2 is 2.08 bits per heavy atom. The van der Waals surface area contributed by atoms with Gasteiger partial charge in [0.1, 0.15) is 24.0 Å². The standard InChI is InChI=1S/C27H26F3N5O3/c1-4-17-10-18(27(28,29)30)12-19(11-17)33-26-21-13-23(34-25(36)6-5-8-35(2)3)24(14-22(21)31-16-32-26)38-20-7-9-37-15-20/h1,5-6,10-14,16,20H,7-9,15H2,2-3H3,(H,34,36)(H,31,32,33)/b6-5+/t20-/m0/s1. The number of nitrogens with zero attached hydrogens (tertiary/aromatic N) is 3. The van der Waals surface area contributed by atoms with Crippen LogP contribution < -0.4 is 15.4 Å².